The Morgan fingerprint density at radius 2 is 2.44 bits per heavy atom. The fraction of sp³-hybridized carbons (Fsp3) is 0.364. The molecular formula is C11H13NO3S. The number of carbonyl (C=O) groups is 1. The van der Waals surface area contributed by atoms with Crippen LogP contribution >= 0.6 is 11.3 Å². The van der Waals surface area contributed by atoms with E-state index < -0.39 is 6.09 Å². The Labute approximate surface area is 98.2 Å². The van der Waals surface area contributed by atoms with E-state index in [4.69, 9.17) is 9.84 Å². The van der Waals surface area contributed by atoms with E-state index in [0.717, 1.165) is 9.75 Å². The van der Waals surface area contributed by atoms with Crippen LogP contribution in [0.15, 0.2) is 12.1 Å². The molecule has 16 heavy (non-hydrogen) atoms. The van der Waals surface area contributed by atoms with Gasteiger partial charge in [0.25, 0.3) is 0 Å². The topological polar surface area (TPSA) is 58.6 Å². The Morgan fingerprint density at radius 3 is 3.12 bits per heavy atom. The Hall–Kier alpha value is -1.51. The second kappa shape index (κ2) is 6.88. The van der Waals surface area contributed by atoms with Crippen LogP contribution in [0, 0.1) is 11.8 Å². The molecule has 0 saturated heterocycles. The molecule has 0 unspecified atom stereocenters. The Bertz CT molecular complexity index is 403. The lowest BCUT2D eigenvalue weighted by Crippen LogP contribution is -2.23. The van der Waals surface area contributed by atoms with Crippen molar-refractivity contribution in [2.24, 2.45) is 0 Å². The average molecular weight is 239 g/mol. The van der Waals surface area contributed by atoms with Gasteiger partial charge in [-0.25, -0.2) is 4.79 Å². The van der Waals surface area contributed by atoms with E-state index in [2.05, 4.69) is 17.2 Å². The van der Waals surface area contributed by atoms with Crippen molar-refractivity contribution in [2.45, 2.75) is 13.5 Å². The first kappa shape index (κ1) is 12.6. The molecule has 0 saturated carbocycles. The van der Waals surface area contributed by atoms with Crippen molar-refractivity contribution in [1.82, 2.24) is 5.32 Å². The van der Waals surface area contributed by atoms with E-state index in [1.807, 2.05) is 12.1 Å². The van der Waals surface area contributed by atoms with Gasteiger partial charge in [-0.2, -0.15) is 0 Å². The molecule has 0 fully saturated rings. The van der Waals surface area contributed by atoms with E-state index in [9.17, 15) is 4.79 Å². The van der Waals surface area contributed by atoms with Crippen LogP contribution in [0.5, 0.6) is 0 Å². The molecular weight excluding hydrogens is 226 g/mol. The summed E-state index contributed by atoms with van der Waals surface area (Å²) in [6.45, 7) is 2.41. The second-order valence-electron chi connectivity index (χ2n) is 2.80. The van der Waals surface area contributed by atoms with Crippen LogP contribution in [0.1, 0.15) is 16.7 Å². The van der Waals surface area contributed by atoms with Gasteiger partial charge in [0.05, 0.1) is 18.0 Å². The second-order valence-corrected chi connectivity index (χ2v) is 3.97. The van der Waals surface area contributed by atoms with Crippen molar-refractivity contribution in [3.05, 3.63) is 21.9 Å². The van der Waals surface area contributed by atoms with Gasteiger partial charge in [0.2, 0.25) is 0 Å². The lowest BCUT2D eigenvalue weighted by molar-refractivity contribution is 0.152. The number of ether oxygens (including phenoxy) is 1. The number of rotatable bonds is 3. The summed E-state index contributed by atoms with van der Waals surface area (Å²) in [5.41, 5.74) is 0. The van der Waals surface area contributed by atoms with E-state index in [1.54, 1.807) is 6.92 Å². The third kappa shape index (κ3) is 4.34. The molecule has 0 aliphatic heterocycles. The minimum absolute atomic E-state index is 0.145. The predicted molar refractivity (Wildman–Crippen MR) is 62.1 cm³/mol. The molecule has 0 atom stereocenters. The van der Waals surface area contributed by atoms with Gasteiger partial charge in [0.15, 0.2) is 0 Å². The highest BCUT2D eigenvalue weighted by Crippen LogP contribution is 2.14. The molecule has 86 valence electrons. The van der Waals surface area contributed by atoms with Gasteiger partial charge in [0, 0.05) is 4.88 Å². The molecule has 0 spiro atoms. The maximum Gasteiger partial charge on any atom is 0.407 e. The summed E-state index contributed by atoms with van der Waals surface area (Å²) in [7, 11) is 0. The first-order chi connectivity index (χ1) is 7.76. The lowest BCUT2D eigenvalue weighted by Gasteiger charge is -2.02. The number of amides is 1. The summed E-state index contributed by atoms with van der Waals surface area (Å²) >= 11 is 1.48. The molecule has 0 bridgehead atoms. The third-order valence-electron chi connectivity index (χ3n) is 1.63. The lowest BCUT2D eigenvalue weighted by atomic mass is 10.4. The summed E-state index contributed by atoms with van der Waals surface area (Å²) in [6.07, 6.45) is -0.418. The Balaban J connectivity index is 2.43. The van der Waals surface area contributed by atoms with Crippen LogP contribution in [0.2, 0.25) is 0 Å². The molecule has 4 nitrogen and oxygen atoms in total. The summed E-state index contributed by atoms with van der Waals surface area (Å²) < 4.78 is 4.73. The summed E-state index contributed by atoms with van der Waals surface area (Å²) in [5.74, 6) is 5.37. The van der Waals surface area contributed by atoms with Gasteiger partial charge in [-0.05, 0) is 19.1 Å². The fourth-order valence-corrected chi connectivity index (χ4v) is 1.83. The number of hydrogen-bond donors (Lipinski definition) is 2. The SMILES string of the molecule is CCOC(=O)NCc1ccc(C#CCO)s1. The quantitative estimate of drug-likeness (QED) is 0.782. The van der Waals surface area contributed by atoms with Crippen molar-refractivity contribution >= 4 is 17.4 Å². The number of thiophene rings is 1. The van der Waals surface area contributed by atoms with Crippen molar-refractivity contribution in [3.63, 3.8) is 0 Å². The molecule has 0 radical (unpaired) electrons. The van der Waals surface area contributed by atoms with E-state index in [-0.39, 0.29) is 6.61 Å². The van der Waals surface area contributed by atoms with Crippen LogP contribution in [0.4, 0.5) is 4.79 Å². The minimum Gasteiger partial charge on any atom is -0.450 e. The zero-order valence-corrected chi connectivity index (χ0v) is 9.76. The molecule has 0 aromatic carbocycles. The van der Waals surface area contributed by atoms with Gasteiger partial charge >= 0.3 is 6.09 Å². The summed E-state index contributed by atoms with van der Waals surface area (Å²) in [6, 6.07) is 3.74. The molecule has 1 aromatic rings. The standard InChI is InChI=1S/C11H13NO3S/c1-2-15-11(14)12-8-10-6-5-9(16-10)4-3-7-13/h5-6,13H,2,7-8H2,1H3,(H,12,14). The Kier molecular flexibility index (Phi) is 5.40. The number of hydrogen-bond acceptors (Lipinski definition) is 4. The third-order valence-corrected chi connectivity index (χ3v) is 2.64. The van der Waals surface area contributed by atoms with Crippen molar-refractivity contribution < 1.29 is 14.6 Å². The van der Waals surface area contributed by atoms with Crippen LogP contribution in [0.25, 0.3) is 0 Å². The van der Waals surface area contributed by atoms with Crippen molar-refractivity contribution in [1.29, 1.82) is 0 Å². The highest BCUT2D eigenvalue weighted by Gasteiger charge is 2.02. The number of nitrogens with one attached hydrogen (secondary N) is 1. The van der Waals surface area contributed by atoms with Gasteiger partial charge < -0.3 is 15.2 Å². The van der Waals surface area contributed by atoms with Gasteiger partial charge in [-0.3, -0.25) is 0 Å². The predicted octanol–water partition coefficient (Wildman–Crippen LogP) is 1.34. The molecule has 0 aliphatic rings. The van der Waals surface area contributed by atoms with Gasteiger partial charge in [-0.1, -0.05) is 11.8 Å². The zero-order valence-electron chi connectivity index (χ0n) is 8.95. The minimum atomic E-state index is -0.418. The fourth-order valence-electron chi connectivity index (χ4n) is 1.01. The number of alkyl carbamates (subject to hydrolysis) is 1. The molecule has 1 aromatic heterocycles. The maximum absolute atomic E-state index is 11.0. The van der Waals surface area contributed by atoms with Crippen molar-refractivity contribution in [2.75, 3.05) is 13.2 Å². The number of aliphatic hydroxyl groups is 1. The van der Waals surface area contributed by atoms with Crippen molar-refractivity contribution in [3.8, 4) is 11.8 Å². The number of aliphatic hydroxyl groups excluding tert-OH is 1. The van der Waals surface area contributed by atoms with Crippen LogP contribution < -0.4 is 5.32 Å². The molecule has 5 heteroatoms. The first-order valence-corrected chi connectivity index (χ1v) is 5.67. The zero-order chi connectivity index (χ0) is 11.8. The van der Waals surface area contributed by atoms with Crippen LogP contribution in [0.3, 0.4) is 0 Å². The first-order valence-electron chi connectivity index (χ1n) is 4.85. The normalized spacial score (nSPS) is 9.12. The summed E-state index contributed by atoms with van der Waals surface area (Å²) in [5, 5.41) is 11.1. The maximum atomic E-state index is 11.0. The molecule has 1 amide bonds. The molecule has 1 heterocycles. The van der Waals surface area contributed by atoms with E-state index >= 15 is 0 Å². The monoisotopic (exact) mass is 239 g/mol. The number of carbonyl (C=O) groups excluding carboxylic acids is 1. The Morgan fingerprint density at radius 1 is 1.62 bits per heavy atom. The summed E-state index contributed by atoms with van der Waals surface area (Å²) in [4.78, 5) is 12.9. The van der Waals surface area contributed by atoms with E-state index in [0.29, 0.717) is 13.2 Å². The molecule has 1 rings (SSSR count). The molecule has 2 N–H and O–H groups in total. The average Bonchev–Trinajstić information content (AvgIpc) is 2.72. The largest absolute Gasteiger partial charge is 0.450 e. The van der Waals surface area contributed by atoms with Gasteiger partial charge in [-0.15, -0.1) is 11.3 Å². The highest BCUT2D eigenvalue weighted by atomic mass is 32.1. The van der Waals surface area contributed by atoms with Crippen LogP contribution in [-0.2, 0) is 11.3 Å². The molecule has 0 aliphatic carbocycles. The van der Waals surface area contributed by atoms with E-state index in [1.165, 1.54) is 11.3 Å². The smallest absolute Gasteiger partial charge is 0.407 e. The highest BCUT2D eigenvalue weighted by molar-refractivity contribution is 7.12. The van der Waals surface area contributed by atoms with Gasteiger partial charge in [0.1, 0.15) is 6.61 Å². The van der Waals surface area contributed by atoms with Crippen LogP contribution in [-0.4, -0.2) is 24.4 Å².